The Kier molecular flexibility index (Phi) is 6.03. The van der Waals surface area contributed by atoms with Gasteiger partial charge in [0.2, 0.25) is 0 Å². The molecule has 0 amide bonds. The summed E-state index contributed by atoms with van der Waals surface area (Å²) >= 11 is 0. The number of carbonyl (C=O) groups is 1. The first-order valence-corrected chi connectivity index (χ1v) is 7.05. The first-order chi connectivity index (χ1) is 9.05. The van der Waals surface area contributed by atoms with Gasteiger partial charge in [0.25, 0.3) is 0 Å². The summed E-state index contributed by atoms with van der Waals surface area (Å²) in [4.78, 5) is 11.8. The molecule has 0 saturated heterocycles. The first-order valence-electron chi connectivity index (χ1n) is 7.05. The van der Waals surface area contributed by atoms with Gasteiger partial charge in [-0.2, -0.15) is 0 Å². The third kappa shape index (κ3) is 4.35. The van der Waals surface area contributed by atoms with Crippen molar-refractivity contribution in [2.45, 2.75) is 46.1 Å². The molecule has 0 heterocycles. The van der Waals surface area contributed by atoms with Gasteiger partial charge in [-0.05, 0) is 37.9 Å². The molecule has 1 unspecified atom stereocenters. The Bertz CT molecular complexity index is 400. The van der Waals surface area contributed by atoms with Gasteiger partial charge >= 0.3 is 5.97 Å². The molecule has 0 spiro atoms. The second-order valence-corrected chi connectivity index (χ2v) is 4.89. The molecule has 0 aliphatic heterocycles. The van der Waals surface area contributed by atoms with E-state index in [1.54, 1.807) is 0 Å². The van der Waals surface area contributed by atoms with Crippen LogP contribution in [0.1, 0.15) is 45.2 Å². The minimum Gasteiger partial charge on any atom is -0.466 e. The zero-order valence-electron chi connectivity index (χ0n) is 12.5. The molecule has 0 aliphatic carbocycles. The van der Waals surface area contributed by atoms with Crippen molar-refractivity contribution in [3.05, 3.63) is 35.4 Å². The molecule has 0 aliphatic rings. The molecule has 3 nitrogen and oxygen atoms in total. The van der Waals surface area contributed by atoms with Gasteiger partial charge in [-0.15, -0.1) is 0 Å². The topological polar surface area (TPSA) is 38.3 Å². The largest absolute Gasteiger partial charge is 0.466 e. The van der Waals surface area contributed by atoms with Gasteiger partial charge in [-0.3, -0.25) is 4.79 Å². The van der Waals surface area contributed by atoms with Crippen LogP contribution in [0.25, 0.3) is 0 Å². The van der Waals surface area contributed by atoms with Crippen molar-refractivity contribution in [1.82, 2.24) is 5.32 Å². The lowest BCUT2D eigenvalue weighted by Gasteiger charge is -2.30. The summed E-state index contributed by atoms with van der Waals surface area (Å²) in [6, 6.07) is 8.44. The fourth-order valence-electron chi connectivity index (χ4n) is 2.27. The number of esters is 1. The lowest BCUT2D eigenvalue weighted by molar-refractivity contribution is -0.144. The van der Waals surface area contributed by atoms with E-state index in [0.29, 0.717) is 13.0 Å². The van der Waals surface area contributed by atoms with Crippen molar-refractivity contribution in [2.24, 2.45) is 0 Å². The van der Waals surface area contributed by atoms with Crippen molar-refractivity contribution in [3.63, 3.8) is 0 Å². The molecule has 1 aromatic carbocycles. The molecule has 0 bridgehead atoms. The van der Waals surface area contributed by atoms with Gasteiger partial charge in [0.15, 0.2) is 0 Å². The highest BCUT2D eigenvalue weighted by Crippen LogP contribution is 2.25. The van der Waals surface area contributed by atoms with Gasteiger partial charge in [-0.1, -0.05) is 38.1 Å². The highest BCUT2D eigenvalue weighted by molar-refractivity contribution is 5.71. The average Bonchev–Trinajstić information content (AvgIpc) is 2.39. The Morgan fingerprint density at radius 2 is 1.84 bits per heavy atom. The minimum atomic E-state index is -0.368. The summed E-state index contributed by atoms with van der Waals surface area (Å²) in [5.41, 5.74) is 2.06. The van der Waals surface area contributed by atoms with Crippen LogP contribution in [0.15, 0.2) is 24.3 Å². The SMILES string of the molecule is CCNC(C)(CC(=O)OCC)c1ccc(CC)cc1. The van der Waals surface area contributed by atoms with E-state index in [4.69, 9.17) is 4.74 Å². The minimum absolute atomic E-state index is 0.162. The molecule has 1 rings (SSSR count). The van der Waals surface area contributed by atoms with E-state index in [9.17, 15) is 4.79 Å². The second kappa shape index (κ2) is 7.29. The molecule has 3 heteroatoms. The second-order valence-electron chi connectivity index (χ2n) is 4.89. The van der Waals surface area contributed by atoms with Gasteiger partial charge in [0.1, 0.15) is 0 Å². The van der Waals surface area contributed by atoms with E-state index in [1.165, 1.54) is 5.56 Å². The number of hydrogen-bond acceptors (Lipinski definition) is 3. The number of benzene rings is 1. The summed E-state index contributed by atoms with van der Waals surface area (Å²) in [5, 5.41) is 3.40. The van der Waals surface area contributed by atoms with Crippen molar-refractivity contribution < 1.29 is 9.53 Å². The maximum Gasteiger partial charge on any atom is 0.307 e. The lowest BCUT2D eigenvalue weighted by atomic mass is 9.88. The summed E-state index contributed by atoms with van der Waals surface area (Å²) in [6.45, 7) is 9.30. The molecule has 1 atom stereocenters. The highest BCUT2D eigenvalue weighted by Gasteiger charge is 2.29. The van der Waals surface area contributed by atoms with Gasteiger partial charge < -0.3 is 10.1 Å². The Balaban J connectivity index is 2.92. The van der Waals surface area contributed by atoms with E-state index >= 15 is 0 Å². The fraction of sp³-hybridized carbons (Fsp3) is 0.562. The van der Waals surface area contributed by atoms with Crippen molar-refractivity contribution >= 4 is 5.97 Å². The summed E-state index contributed by atoms with van der Waals surface area (Å²) in [7, 11) is 0. The van der Waals surface area contributed by atoms with Crippen LogP contribution >= 0.6 is 0 Å². The third-order valence-corrected chi connectivity index (χ3v) is 3.37. The van der Waals surface area contributed by atoms with Crippen LogP contribution in [0.2, 0.25) is 0 Å². The summed E-state index contributed by atoms with van der Waals surface area (Å²) < 4.78 is 5.07. The summed E-state index contributed by atoms with van der Waals surface area (Å²) in [6.07, 6.45) is 1.37. The van der Waals surface area contributed by atoms with E-state index in [1.807, 2.05) is 20.8 Å². The number of carbonyl (C=O) groups excluding carboxylic acids is 1. The molecular weight excluding hydrogens is 238 g/mol. The van der Waals surface area contributed by atoms with Crippen molar-refractivity contribution in [3.8, 4) is 0 Å². The fourth-order valence-corrected chi connectivity index (χ4v) is 2.27. The predicted molar refractivity (Wildman–Crippen MR) is 78.1 cm³/mol. The number of aryl methyl sites for hydroxylation is 1. The van der Waals surface area contributed by atoms with Crippen LogP contribution in [-0.4, -0.2) is 19.1 Å². The number of hydrogen-bond donors (Lipinski definition) is 1. The normalized spacial score (nSPS) is 13.9. The van der Waals surface area contributed by atoms with E-state index in [0.717, 1.165) is 18.5 Å². The number of ether oxygens (including phenoxy) is 1. The van der Waals surface area contributed by atoms with Crippen molar-refractivity contribution in [2.75, 3.05) is 13.2 Å². The Hall–Kier alpha value is -1.35. The quantitative estimate of drug-likeness (QED) is 0.768. The Morgan fingerprint density at radius 3 is 2.32 bits per heavy atom. The monoisotopic (exact) mass is 263 g/mol. The predicted octanol–water partition coefficient (Wildman–Crippen LogP) is 3.03. The Morgan fingerprint density at radius 1 is 1.21 bits per heavy atom. The van der Waals surface area contributed by atoms with E-state index in [-0.39, 0.29) is 11.5 Å². The van der Waals surface area contributed by atoms with Crippen LogP contribution in [0, 0.1) is 0 Å². The molecule has 0 aromatic heterocycles. The molecule has 0 saturated carbocycles. The summed E-state index contributed by atoms with van der Waals surface area (Å²) in [5.74, 6) is -0.162. The highest BCUT2D eigenvalue weighted by atomic mass is 16.5. The van der Waals surface area contributed by atoms with E-state index in [2.05, 4.69) is 36.5 Å². The van der Waals surface area contributed by atoms with Gasteiger partial charge in [-0.25, -0.2) is 0 Å². The van der Waals surface area contributed by atoms with Gasteiger partial charge in [0, 0.05) is 0 Å². The molecular formula is C16H25NO2. The van der Waals surface area contributed by atoms with Crippen LogP contribution in [0.3, 0.4) is 0 Å². The van der Waals surface area contributed by atoms with Crippen molar-refractivity contribution in [1.29, 1.82) is 0 Å². The zero-order valence-corrected chi connectivity index (χ0v) is 12.5. The number of nitrogens with one attached hydrogen (secondary N) is 1. The van der Waals surface area contributed by atoms with E-state index < -0.39 is 0 Å². The molecule has 1 aromatic rings. The molecule has 1 N–H and O–H groups in total. The Labute approximate surface area is 116 Å². The van der Waals surface area contributed by atoms with Crippen LogP contribution < -0.4 is 5.32 Å². The number of rotatable bonds is 7. The molecule has 19 heavy (non-hydrogen) atoms. The van der Waals surface area contributed by atoms with Crippen LogP contribution in [-0.2, 0) is 21.5 Å². The van der Waals surface area contributed by atoms with Crippen LogP contribution in [0.4, 0.5) is 0 Å². The average molecular weight is 263 g/mol. The molecule has 0 radical (unpaired) electrons. The molecule has 0 fully saturated rings. The maximum absolute atomic E-state index is 11.8. The van der Waals surface area contributed by atoms with Crippen LogP contribution in [0.5, 0.6) is 0 Å². The lowest BCUT2D eigenvalue weighted by Crippen LogP contribution is -2.41. The van der Waals surface area contributed by atoms with Gasteiger partial charge in [0.05, 0.1) is 18.6 Å². The smallest absolute Gasteiger partial charge is 0.307 e. The zero-order chi connectivity index (χ0) is 14.3. The first kappa shape index (κ1) is 15.7. The standard InChI is InChI=1S/C16H25NO2/c1-5-13-8-10-14(11-9-13)16(4,17-6-2)12-15(18)19-7-3/h8-11,17H,5-7,12H2,1-4H3. The third-order valence-electron chi connectivity index (χ3n) is 3.37. The molecule has 106 valence electrons. The maximum atomic E-state index is 11.8.